The molecule has 1 saturated carbocycles. The first-order chi connectivity index (χ1) is 15.0. The van der Waals surface area contributed by atoms with Crippen LogP contribution in [0.2, 0.25) is 0 Å². The van der Waals surface area contributed by atoms with E-state index in [0.717, 1.165) is 17.9 Å². The molecule has 1 aliphatic rings. The predicted octanol–water partition coefficient (Wildman–Crippen LogP) is 3.89. The Morgan fingerprint density at radius 2 is 2.06 bits per heavy atom. The summed E-state index contributed by atoms with van der Waals surface area (Å²) in [5, 5.41) is 9.55. The van der Waals surface area contributed by atoms with Crippen molar-refractivity contribution in [3.8, 4) is 11.5 Å². The largest absolute Gasteiger partial charge is 0.497 e. The van der Waals surface area contributed by atoms with Crippen LogP contribution in [0.3, 0.4) is 0 Å². The number of Topliss-reactive ketones (excluding diaryl/α,β-unsaturated/α-hetero) is 1. The van der Waals surface area contributed by atoms with Gasteiger partial charge in [-0.25, -0.2) is 4.79 Å². The molecule has 0 amide bonds. The fraction of sp³-hybridized carbons (Fsp3) is 0.480. The van der Waals surface area contributed by atoms with Crippen molar-refractivity contribution in [2.75, 3.05) is 20.8 Å². The van der Waals surface area contributed by atoms with Crippen LogP contribution in [0, 0.1) is 17.8 Å². The summed E-state index contributed by atoms with van der Waals surface area (Å²) in [5.41, 5.74) is 2.96. The van der Waals surface area contributed by atoms with E-state index in [4.69, 9.17) is 9.47 Å². The molecule has 0 bridgehead atoms. The number of methoxy groups -OCH3 is 2. The van der Waals surface area contributed by atoms with Crippen LogP contribution in [-0.4, -0.2) is 43.8 Å². The lowest BCUT2D eigenvalue weighted by atomic mass is 9.87. The third-order valence-corrected chi connectivity index (χ3v) is 5.43. The highest BCUT2D eigenvalue weighted by Crippen LogP contribution is 2.37. The van der Waals surface area contributed by atoms with E-state index in [2.05, 4.69) is 29.5 Å². The maximum absolute atomic E-state index is 12.4. The zero-order valence-corrected chi connectivity index (χ0v) is 18.5. The fourth-order valence-corrected chi connectivity index (χ4v) is 3.71. The Morgan fingerprint density at radius 3 is 2.81 bits per heavy atom. The van der Waals surface area contributed by atoms with Crippen LogP contribution >= 0.6 is 0 Å². The van der Waals surface area contributed by atoms with Crippen molar-refractivity contribution < 1.29 is 28.9 Å². The van der Waals surface area contributed by atoms with E-state index in [1.54, 1.807) is 19.3 Å². The highest BCUT2D eigenvalue weighted by atomic mass is 16.5. The van der Waals surface area contributed by atoms with Crippen LogP contribution in [0.4, 0.5) is 0 Å². The van der Waals surface area contributed by atoms with Gasteiger partial charge in [-0.2, -0.15) is 0 Å². The Balaban J connectivity index is 1.83. The molecule has 6 nitrogen and oxygen atoms in total. The number of carbonyl (C=O) groups excluding carboxylic acids is 2. The molecule has 6 heteroatoms. The van der Waals surface area contributed by atoms with Gasteiger partial charge in [-0.15, -0.1) is 5.73 Å². The van der Waals surface area contributed by atoms with Crippen molar-refractivity contribution in [2.24, 2.45) is 17.8 Å². The Hall–Kier alpha value is -2.82. The number of hydrogen-bond donors (Lipinski definition) is 1. The first-order valence-electron chi connectivity index (χ1n) is 10.6. The smallest absolute Gasteiger partial charge is 0.335 e. The molecule has 4 atom stereocenters. The van der Waals surface area contributed by atoms with Gasteiger partial charge in [0.25, 0.3) is 0 Å². The number of aliphatic hydroxyl groups is 1. The molecule has 168 valence electrons. The molecule has 0 aromatic heterocycles. The Bertz CT molecular complexity index is 821. The lowest BCUT2D eigenvalue weighted by Crippen LogP contribution is -2.20. The maximum Gasteiger partial charge on any atom is 0.335 e. The molecular formula is C25H32O6. The third-order valence-electron chi connectivity index (χ3n) is 5.43. The number of aliphatic hydroxyl groups excluding tert-OH is 1. The second kappa shape index (κ2) is 12.8. The van der Waals surface area contributed by atoms with Gasteiger partial charge in [0, 0.05) is 24.8 Å². The van der Waals surface area contributed by atoms with Crippen LogP contribution in [0.5, 0.6) is 11.5 Å². The number of rotatable bonds is 11. The van der Waals surface area contributed by atoms with Crippen LogP contribution in [-0.2, 0) is 14.3 Å². The van der Waals surface area contributed by atoms with E-state index in [-0.39, 0.29) is 24.0 Å². The zero-order chi connectivity index (χ0) is 22.6. The predicted molar refractivity (Wildman–Crippen MR) is 118 cm³/mol. The summed E-state index contributed by atoms with van der Waals surface area (Å²) in [4.78, 5) is 23.6. The number of ketones is 1. The third kappa shape index (κ3) is 7.74. The van der Waals surface area contributed by atoms with E-state index < -0.39 is 12.1 Å². The standard InChI is InChI=1S/C25H32O6/c1-18-16-24(27)22(13-5-4-6-14-23(26)25(28)30-3)21(18)12-7-8-15-31-20-11-9-10-19(17-20)29-2/h5-7,9-12,17-18,21-23,26H,8,13-16H2,1-3H3/b12-7+/t4?,18-,21+,22-,23?/m1/s1. The van der Waals surface area contributed by atoms with Crippen LogP contribution in [0.15, 0.2) is 54.3 Å². The van der Waals surface area contributed by atoms with Gasteiger partial charge >= 0.3 is 5.97 Å². The summed E-state index contributed by atoms with van der Waals surface area (Å²) in [5.74, 6) is 1.54. The second-order valence-corrected chi connectivity index (χ2v) is 7.66. The summed E-state index contributed by atoms with van der Waals surface area (Å²) in [6.07, 6.45) is 8.48. The van der Waals surface area contributed by atoms with E-state index >= 15 is 0 Å². The minimum absolute atomic E-state index is 0.0722. The first kappa shape index (κ1) is 24.4. The minimum atomic E-state index is -1.19. The highest BCUT2D eigenvalue weighted by molar-refractivity contribution is 5.84. The van der Waals surface area contributed by atoms with E-state index in [0.29, 0.717) is 25.4 Å². The molecule has 1 aromatic rings. The number of carbonyl (C=O) groups is 2. The normalized spacial score (nSPS) is 21.4. The quantitative estimate of drug-likeness (QED) is 0.249. The zero-order valence-electron chi connectivity index (χ0n) is 18.5. The van der Waals surface area contributed by atoms with Crippen LogP contribution in [0.25, 0.3) is 0 Å². The molecule has 0 heterocycles. The first-order valence-corrected chi connectivity index (χ1v) is 10.6. The Morgan fingerprint density at radius 1 is 1.29 bits per heavy atom. The number of allylic oxidation sites excluding steroid dienone is 1. The van der Waals surface area contributed by atoms with Gasteiger partial charge in [0.1, 0.15) is 17.3 Å². The van der Waals surface area contributed by atoms with Crippen molar-refractivity contribution in [3.05, 3.63) is 54.3 Å². The fourth-order valence-electron chi connectivity index (χ4n) is 3.71. The monoisotopic (exact) mass is 428 g/mol. The molecule has 0 spiro atoms. The maximum atomic E-state index is 12.4. The number of benzene rings is 1. The molecular weight excluding hydrogens is 396 g/mol. The summed E-state index contributed by atoms with van der Waals surface area (Å²) in [6, 6.07) is 7.50. The van der Waals surface area contributed by atoms with Crippen molar-refractivity contribution in [3.63, 3.8) is 0 Å². The molecule has 1 N–H and O–H groups in total. The molecule has 0 saturated heterocycles. The van der Waals surface area contributed by atoms with Gasteiger partial charge < -0.3 is 19.3 Å². The molecule has 0 aliphatic heterocycles. The topological polar surface area (TPSA) is 82.1 Å². The van der Waals surface area contributed by atoms with Crippen LogP contribution < -0.4 is 9.47 Å². The summed E-state index contributed by atoms with van der Waals surface area (Å²) < 4.78 is 15.4. The van der Waals surface area contributed by atoms with E-state index in [1.807, 2.05) is 24.3 Å². The van der Waals surface area contributed by atoms with Gasteiger partial charge in [-0.3, -0.25) is 4.79 Å². The SMILES string of the molecule is COC(=O)C(O)CC=C=CC[C@H]1C(=O)C[C@@H](C)[C@@H]1/C=C/CCOc1cccc(OC)c1. The second-order valence-electron chi connectivity index (χ2n) is 7.66. The number of esters is 1. The van der Waals surface area contributed by atoms with Gasteiger partial charge in [0.15, 0.2) is 6.10 Å². The van der Waals surface area contributed by atoms with Crippen molar-refractivity contribution in [2.45, 2.75) is 38.7 Å². The van der Waals surface area contributed by atoms with E-state index in [1.165, 1.54) is 7.11 Å². The summed E-state index contributed by atoms with van der Waals surface area (Å²) in [6.45, 7) is 2.65. The van der Waals surface area contributed by atoms with Gasteiger partial charge in [-0.05, 0) is 49.0 Å². The molecule has 0 radical (unpaired) electrons. The number of ether oxygens (including phenoxy) is 3. The van der Waals surface area contributed by atoms with Crippen molar-refractivity contribution in [1.82, 2.24) is 0 Å². The van der Waals surface area contributed by atoms with Gasteiger partial charge in [0.05, 0.1) is 20.8 Å². The van der Waals surface area contributed by atoms with Crippen LogP contribution in [0.1, 0.15) is 32.6 Å². The average molecular weight is 429 g/mol. The average Bonchev–Trinajstić information content (AvgIpc) is 3.04. The molecule has 1 fully saturated rings. The summed E-state index contributed by atoms with van der Waals surface area (Å²) >= 11 is 0. The minimum Gasteiger partial charge on any atom is -0.497 e. The molecule has 31 heavy (non-hydrogen) atoms. The Kier molecular flexibility index (Phi) is 10.1. The van der Waals surface area contributed by atoms with E-state index in [9.17, 15) is 14.7 Å². The Labute approximate surface area is 184 Å². The number of hydrogen-bond acceptors (Lipinski definition) is 6. The molecule has 1 aromatic carbocycles. The molecule has 1 unspecified atom stereocenters. The highest BCUT2D eigenvalue weighted by Gasteiger charge is 2.37. The van der Waals surface area contributed by atoms with Gasteiger partial charge in [-0.1, -0.05) is 25.1 Å². The van der Waals surface area contributed by atoms with Crippen molar-refractivity contribution >= 4 is 11.8 Å². The molecule has 2 rings (SSSR count). The molecule has 1 aliphatic carbocycles. The van der Waals surface area contributed by atoms with Gasteiger partial charge in [0.2, 0.25) is 0 Å². The lowest BCUT2D eigenvalue weighted by molar-refractivity contribution is -0.150. The lowest BCUT2D eigenvalue weighted by Gasteiger charge is -2.16. The summed E-state index contributed by atoms with van der Waals surface area (Å²) in [7, 11) is 2.86. The van der Waals surface area contributed by atoms with Crippen molar-refractivity contribution in [1.29, 1.82) is 0 Å².